The van der Waals surface area contributed by atoms with Crippen LogP contribution < -0.4 is 10.1 Å². The first-order valence-electron chi connectivity index (χ1n) is 10.2. The number of imidazole rings is 1. The third-order valence-corrected chi connectivity index (χ3v) is 5.49. The summed E-state index contributed by atoms with van der Waals surface area (Å²) < 4.78 is 7.25. The van der Waals surface area contributed by atoms with Crippen molar-refractivity contribution in [1.29, 1.82) is 0 Å². The van der Waals surface area contributed by atoms with Crippen molar-refractivity contribution in [2.45, 2.75) is 32.2 Å². The van der Waals surface area contributed by atoms with Crippen molar-refractivity contribution in [1.82, 2.24) is 19.5 Å². The molecule has 5 rings (SSSR count). The fourth-order valence-corrected chi connectivity index (χ4v) is 4.00. The first-order valence-corrected chi connectivity index (χ1v) is 10.2. The standard InChI is InChI=1S/C23H23N5O2/c1-30-23-26-20-18(12-7-13-19(20)29)28(23)22-25-17-11-6-5-10-16(17)21(27-22)24-14-15-8-3-2-4-9-15/h2-4,7-9,12-13,29H,5-6,10-11,14H2,1H3,(H,24,25,27). The molecule has 0 saturated heterocycles. The van der Waals surface area contributed by atoms with E-state index in [4.69, 9.17) is 14.7 Å². The second-order valence-corrected chi connectivity index (χ2v) is 7.42. The van der Waals surface area contributed by atoms with Gasteiger partial charge in [0.05, 0.1) is 18.3 Å². The molecule has 2 heterocycles. The summed E-state index contributed by atoms with van der Waals surface area (Å²) in [5.74, 6) is 1.45. The van der Waals surface area contributed by atoms with Gasteiger partial charge in [0.2, 0.25) is 5.95 Å². The van der Waals surface area contributed by atoms with E-state index in [1.54, 1.807) is 23.8 Å². The lowest BCUT2D eigenvalue weighted by atomic mass is 9.96. The predicted molar refractivity (Wildman–Crippen MR) is 115 cm³/mol. The van der Waals surface area contributed by atoms with Crippen molar-refractivity contribution >= 4 is 16.9 Å². The number of aryl methyl sites for hydroxylation is 1. The molecule has 0 amide bonds. The molecule has 0 atom stereocenters. The number of phenolic OH excluding ortho intramolecular Hbond substituents is 1. The fraction of sp³-hybridized carbons (Fsp3) is 0.261. The summed E-state index contributed by atoms with van der Waals surface area (Å²) in [5, 5.41) is 13.7. The number of nitrogens with zero attached hydrogens (tertiary/aromatic N) is 4. The molecule has 2 N–H and O–H groups in total. The Balaban J connectivity index is 1.63. The van der Waals surface area contributed by atoms with E-state index in [1.165, 1.54) is 11.1 Å². The highest BCUT2D eigenvalue weighted by molar-refractivity contribution is 5.84. The Bertz CT molecular complexity index is 1200. The van der Waals surface area contributed by atoms with E-state index < -0.39 is 0 Å². The maximum atomic E-state index is 10.2. The van der Waals surface area contributed by atoms with Crippen LogP contribution in [0.5, 0.6) is 11.8 Å². The van der Waals surface area contributed by atoms with Gasteiger partial charge in [-0.25, -0.2) is 9.55 Å². The average molecular weight is 401 g/mol. The number of fused-ring (bicyclic) bond motifs is 2. The first kappa shape index (κ1) is 18.4. The fourth-order valence-electron chi connectivity index (χ4n) is 4.00. The Labute approximate surface area is 174 Å². The van der Waals surface area contributed by atoms with Crippen molar-refractivity contribution in [3.05, 3.63) is 65.4 Å². The van der Waals surface area contributed by atoms with Gasteiger partial charge in [-0.1, -0.05) is 36.4 Å². The lowest BCUT2D eigenvalue weighted by molar-refractivity contribution is 0.373. The molecular formula is C23H23N5O2. The highest BCUT2D eigenvalue weighted by Gasteiger charge is 2.22. The number of anilines is 1. The van der Waals surface area contributed by atoms with E-state index in [2.05, 4.69) is 22.4 Å². The molecule has 0 saturated carbocycles. The molecule has 0 spiro atoms. The molecular weight excluding hydrogens is 378 g/mol. The number of phenols is 1. The zero-order valence-corrected chi connectivity index (χ0v) is 16.8. The monoisotopic (exact) mass is 401 g/mol. The molecule has 7 nitrogen and oxygen atoms in total. The number of benzene rings is 2. The van der Waals surface area contributed by atoms with Gasteiger partial charge in [-0.05, 0) is 43.4 Å². The topological polar surface area (TPSA) is 85.1 Å². The predicted octanol–water partition coefficient (Wildman–Crippen LogP) is 4.02. The minimum atomic E-state index is 0.102. The Morgan fingerprint density at radius 1 is 1.00 bits per heavy atom. The normalized spacial score (nSPS) is 13.2. The van der Waals surface area contributed by atoms with Crippen LogP contribution in [-0.2, 0) is 19.4 Å². The molecule has 2 aromatic heterocycles. The van der Waals surface area contributed by atoms with Crippen LogP contribution in [-0.4, -0.2) is 31.7 Å². The summed E-state index contributed by atoms with van der Waals surface area (Å²) >= 11 is 0. The number of para-hydroxylation sites is 1. The molecule has 0 fully saturated rings. The summed E-state index contributed by atoms with van der Waals surface area (Å²) in [7, 11) is 1.56. The van der Waals surface area contributed by atoms with Gasteiger partial charge >= 0.3 is 6.01 Å². The molecule has 2 aromatic carbocycles. The number of aromatic hydroxyl groups is 1. The highest BCUT2D eigenvalue weighted by atomic mass is 16.5. The van der Waals surface area contributed by atoms with E-state index in [1.807, 2.05) is 24.3 Å². The Morgan fingerprint density at radius 3 is 2.67 bits per heavy atom. The number of methoxy groups -OCH3 is 1. The van der Waals surface area contributed by atoms with Crippen LogP contribution in [0, 0.1) is 0 Å². The molecule has 1 aliphatic carbocycles. The van der Waals surface area contributed by atoms with E-state index in [0.717, 1.165) is 37.2 Å². The Kier molecular flexibility index (Phi) is 4.71. The summed E-state index contributed by atoms with van der Waals surface area (Å²) in [4.78, 5) is 14.2. The number of rotatable bonds is 5. The maximum absolute atomic E-state index is 10.2. The molecule has 30 heavy (non-hydrogen) atoms. The van der Waals surface area contributed by atoms with Gasteiger partial charge in [-0.15, -0.1) is 0 Å². The van der Waals surface area contributed by atoms with Gasteiger partial charge in [0.25, 0.3) is 0 Å². The molecule has 0 bridgehead atoms. The van der Waals surface area contributed by atoms with Crippen LogP contribution in [0.15, 0.2) is 48.5 Å². The Hall–Kier alpha value is -3.61. The minimum Gasteiger partial charge on any atom is -0.506 e. The smallest absolute Gasteiger partial charge is 0.304 e. The van der Waals surface area contributed by atoms with E-state index in [0.29, 0.717) is 29.5 Å². The van der Waals surface area contributed by atoms with Crippen molar-refractivity contribution in [3.63, 3.8) is 0 Å². The molecule has 0 radical (unpaired) electrons. The second-order valence-electron chi connectivity index (χ2n) is 7.42. The van der Waals surface area contributed by atoms with E-state index in [9.17, 15) is 5.11 Å². The highest BCUT2D eigenvalue weighted by Crippen LogP contribution is 2.32. The SMILES string of the molecule is COc1nc2c(O)cccc2n1-c1nc2c(c(NCc3ccccc3)n1)CCCC2. The maximum Gasteiger partial charge on any atom is 0.304 e. The Morgan fingerprint density at radius 2 is 1.83 bits per heavy atom. The lowest BCUT2D eigenvalue weighted by Gasteiger charge is -2.20. The number of nitrogens with one attached hydrogen (secondary N) is 1. The molecule has 1 aliphatic rings. The second kappa shape index (κ2) is 7.67. The molecule has 4 aromatic rings. The number of hydrogen-bond donors (Lipinski definition) is 2. The van der Waals surface area contributed by atoms with Gasteiger partial charge in [-0.2, -0.15) is 9.97 Å². The first-order chi connectivity index (χ1) is 14.7. The van der Waals surface area contributed by atoms with Crippen LogP contribution in [0.2, 0.25) is 0 Å². The van der Waals surface area contributed by atoms with Gasteiger partial charge in [0.15, 0.2) is 0 Å². The summed E-state index contributed by atoms with van der Waals surface area (Å²) in [6.45, 7) is 0.687. The van der Waals surface area contributed by atoms with Crippen molar-refractivity contribution < 1.29 is 9.84 Å². The van der Waals surface area contributed by atoms with E-state index in [-0.39, 0.29) is 5.75 Å². The zero-order chi connectivity index (χ0) is 20.5. The van der Waals surface area contributed by atoms with Gasteiger partial charge in [0, 0.05) is 12.1 Å². The van der Waals surface area contributed by atoms with Crippen molar-refractivity contribution in [2.24, 2.45) is 0 Å². The largest absolute Gasteiger partial charge is 0.506 e. The summed E-state index contributed by atoms with van der Waals surface area (Å²) in [6.07, 6.45) is 4.14. The summed E-state index contributed by atoms with van der Waals surface area (Å²) in [6, 6.07) is 15.9. The van der Waals surface area contributed by atoms with E-state index >= 15 is 0 Å². The van der Waals surface area contributed by atoms with Crippen molar-refractivity contribution in [2.75, 3.05) is 12.4 Å². The zero-order valence-electron chi connectivity index (χ0n) is 16.8. The van der Waals surface area contributed by atoms with Crippen LogP contribution in [0.3, 0.4) is 0 Å². The third-order valence-electron chi connectivity index (χ3n) is 5.49. The lowest BCUT2D eigenvalue weighted by Crippen LogP contribution is -2.16. The minimum absolute atomic E-state index is 0.102. The number of ether oxygens (including phenoxy) is 1. The van der Waals surface area contributed by atoms with Crippen LogP contribution >= 0.6 is 0 Å². The van der Waals surface area contributed by atoms with Gasteiger partial charge in [0.1, 0.15) is 17.1 Å². The van der Waals surface area contributed by atoms with Crippen LogP contribution in [0.4, 0.5) is 5.82 Å². The quantitative estimate of drug-likeness (QED) is 0.525. The number of aromatic nitrogens is 4. The molecule has 0 unspecified atom stereocenters. The third kappa shape index (κ3) is 3.22. The van der Waals surface area contributed by atoms with Crippen LogP contribution in [0.25, 0.3) is 17.0 Å². The molecule has 7 heteroatoms. The van der Waals surface area contributed by atoms with Crippen LogP contribution in [0.1, 0.15) is 29.7 Å². The molecule has 152 valence electrons. The summed E-state index contributed by atoms with van der Waals surface area (Å²) in [5.41, 5.74) is 4.61. The molecule has 0 aliphatic heterocycles. The number of hydrogen-bond acceptors (Lipinski definition) is 6. The van der Waals surface area contributed by atoms with Gasteiger partial charge in [-0.3, -0.25) is 0 Å². The van der Waals surface area contributed by atoms with Gasteiger partial charge < -0.3 is 15.2 Å². The van der Waals surface area contributed by atoms with Crippen molar-refractivity contribution in [3.8, 4) is 17.7 Å². The average Bonchev–Trinajstić information content (AvgIpc) is 3.18.